The van der Waals surface area contributed by atoms with Crippen molar-refractivity contribution < 1.29 is 17.9 Å². The molecule has 2 atom stereocenters. The lowest BCUT2D eigenvalue weighted by atomic mass is 10.1. The van der Waals surface area contributed by atoms with Crippen LogP contribution < -0.4 is 5.73 Å². The van der Waals surface area contributed by atoms with Gasteiger partial charge in [-0.05, 0) is 12.5 Å². The molecule has 0 aliphatic carbocycles. The Balaban J connectivity index is 2.75. The van der Waals surface area contributed by atoms with Crippen molar-refractivity contribution in [2.75, 3.05) is 0 Å². The van der Waals surface area contributed by atoms with Crippen LogP contribution in [0, 0.1) is 0 Å². The van der Waals surface area contributed by atoms with Crippen molar-refractivity contribution in [1.29, 1.82) is 0 Å². The Morgan fingerprint density at radius 1 is 1.20 bits per heavy atom. The maximum absolute atomic E-state index is 12.7. The quantitative estimate of drug-likeness (QED) is 0.789. The molecule has 0 aliphatic rings. The number of ether oxygens (including phenoxy) is 1. The fraction of sp³-hybridized carbons (Fsp3) is 0.400. The summed E-state index contributed by atoms with van der Waals surface area (Å²) in [5.74, 6) is 0. The zero-order valence-electron chi connectivity index (χ0n) is 8.16. The van der Waals surface area contributed by atoms with Gasteiger partial charge in [0.05, 0.1) is 0 Å². The zero-order valence-corrected chi connectivity index (χ0v) is 8.16. The van der Waals surface area contributed by atoms with Gasteiger partial charge in [0.15, 0.2) is 0 Å². The average molecular weight is 219 g/mol. The lowest BCUT2D eigenvalue weighted by Crippen LogP contribution is -2.40. The topological polar surface area (TPSA) is 35.2 Å². The van der Waals surface area contributed by atoms with E-state index < -0.39 is 18.5 Å². The van der Waals surface area contributed by atoms with Gasteiger partial charge in [-0.1, -0.05) is 30.3 Å². The van der Waals surface area contributed by atoms with E-state index in [9.17, 15) is 13.2 Å². The molecule has 0 fully saturated rings. The minimum absolute atomic E-state index is 0.438. The van der Waals surface area contributed by atoms with E-state index in [0.717, 1.165) is 0 Å². The lowest BCUT2D eigenvalue weighted by Gasteiger charge is -2.27. The van der Waals surface area contributed by atoms with Crippen LogP contribution in [0.1, 0.15) is 12.5 Å². The van der Waals surface area contributed by atoms with Crippen LogP contribution in [-0.4, -0.2) is 12.8 Å². The van der Waals surface area contributed by atoms with Crippen molar-refractivity contribution in [3.05, 3.63) is 35.9 Å². The Morgan fingerprint density at radius 3 is 2.20 bits per heavy atom. The third-order valence-corrected chi connectivity index (χ3v) is 1.90. The zero-order chi connectivity index (χ0) is 11.5. The van der Waals surface area contributed by atoms with Gasteiger partial charge >= 0.3 is 0 Å². The van der Waals surface area contributed by atoms with Gasteiger partial charge in [-0.2, -0.15) is 0 Å². The second kappa shape index (κ2) is 4.63. The summed E-state index contributed by atoms with van der Waals surface area (Å²) in [6, 6.07) is 8.23. The van der Waals surface area contributed by atoms with Crippen molar-refractivity contribution in [1.82, 2.24) is 0 Å². The largest absolute Gasteiger partial charge is 0.318 e. The molecule has 84 valence electrons. The fourth-order valence-corrected chi connectivity index (χ4v) is 1.12. The molecule has 0 radical (unpaired) electrons. The van der Waals surface area contributed by atoms with Crippen molar-refractivity contribution in [2.24, 2.45) is 5.73 Å². The van der Waals surface area contributed by atoms with Crippen molar-refractivity contribution in [3.63, 3.8) is 0 Å². The second-order valence-electron chi connectivity index (χ2n) is 3.28. The van der Waals surface area contributed by atoms with Crippen molar-refractivity contribution in [3.8, 4) is 0 Å². The third kappa shape index (κ3) is 3.21. The molecule has 5 heteroatoms. The SMILES string of the molecule is CC(N)(OC(F)C(F)F)c1ccccc1. The number of rotatable bonds is 4. The monoisotopic (exact) mass is 219 g/mol. The van der Waals surface area contributed by atoms with Crippen LogP contribution in [0.4, 0.5) is 13.2 Å². The number of hydrogen-bond acceptors (Lipinski definition) is 2. The van der Waals surface area contributed by atoms with Crippen LogP contribution in [0.5, 0.6) is 0 Å². The summed E-state index contributed by atoms with van der Waals surface area (Å²) < 4.78 is 40.9. The number of halogens is 3. The van der Waals surface area contributed by atoms with E-state index >= 15 is 0 Å². The molecule has 0 saturated heterocycles. The van der Waals surface area contributed by atoms with E-state index in [1.165, 1.54) is 6.92 Å². The van der Waals surface area contributed by atoms with E-state index in [0.29, 0.717) is 5.56 Å². The first-order valence-electron chi connectivity index (χ1n) is 4.38. The Kier molecular flexibility index (Phi) is 3.71. The minimum Gasteiger partial charge on any atom is -0.318 e. The highest BCUT2D eigenvalue weighted by Gasteiger charge is 2.31. The summed E-state index contributed by atoms with van der Waals surface area (Å²) in [5.41, 5.74) is 4.46. The number of hydrogen-bond donors (Lipinski definition) is 1. The number of nitrogens with two attached hydrogens (primary N) is 1. The molecule has 0 spiro atoms. The molecule has 1 rings (SSSR count). The third-order valence-electron chi connectivity index (χ3n) is 1.90. The Hall–Kier alpha value is -1.07. The van der Waals surface area contributed by atoms with Crippen LogP contribution in [0.3, 0.4) is 0 Å². The molecule has 0 bridgehead atoms. The van der Waals surface area contributed by atoms with Gasteiger partial charge in [-0.3, -0.25) is 5.73 Å². The van der Waals surface area contributed by atoms with Crippen LogP contribution >= 0.6 is 0 Å². The number of benzene rings is 1. The maximum atomic E-state index is 12.7. The predicted molar refractivity (Wildman–Crippen MR) is 50.0 cm³/mol. The van der Waals surface area contributed by atoms with Crippen molar-refractivity contribution >= 4 is 0 Å². The summed E-state index contributed by atoms with van der Waals surface area (Å²) in [6.07, 6.45) is -5.88. The molecule has 2 N–H and O–H groups in total. The molecule has 2 nitrogen and oxygen atoms in total. The first kappa shape index (κ1) is 12.0. The first-order chi connectivity index (χ1) is 6.93. The van der Waals surface area contributed by atoms with E-state index in [4.69, 9.17) is 5.73 Å². The number of alkyl halides is 3. The van der Waals surface area contributed by atoms with E-state index in [-0.39, 0.29) is 0 Å². The minimum atomic E-state index is -3.20. The first-order valence-corrected chi connectivity index (χ1v) is 4.38. The van der Waals surface area contributed by atoms with Gasteiger partial charge < -0.3 is 4.74 Å². The van der Waals surface area contributed by atoms with E-state index in [2.05, 4.69) is 4.74 Å². The lowest BCUT2D eigenvalue weighted by molar-refractivity contribution is -0.196. The van der Waals surface area contributed by atoms with E-state index in [1.807, 2.05) is 0 Å². The average Bonchev–Trinajstić information content (AvgIpc) is 2.18. The van der Waals surface area contributed by atoms with Gasteiger partial charge in [0.1, 0.15) is 5.72 Å². The molecular weight excluding hydrogens is 207 g/mol. The van der Waals surface area contributed by atoms with Crippen LogP contribution in [0.15, 0.2) is 30.3 Å². The second-order valence-corrected chi connectivity index (χ2v) is 3.28. The summed E-state index contributed by atoms with van der Waals surface area (Å²) in [4.78, 5) is 0. The summed E-state index contributed by atoms with van der Waals surface area (Å²) in [6.45, 7) is 1.33. The van der Waals surface area contributed by atoms with Gasteiger partial charge in [-0.25, -0.2) is 13.2 Å². The molecule has 0 saturated carbocycles. The molecule has 0 aromatic heterocycles. The predicted octanol–water partition coefficient (Wildman–Crippen LogP) is 2.40. The Morgan fingerprint density at radius 2 is 1.73 bits per heavy atom. The Labute approximate surface area is 85.8 Å². The van der Waals surface area contributed by atoms with Crippen LogP contribution in [-0.2, 0) is 10.5 Å². The molecule has 2 unspecified atom stereocenters. The molecule has 1 aromatic rings. The molecule has 0 amide bonds. The van der Waals surface area contributed by atoms with Crippen LogP contribution in [0.2, 0.25) is 0 Å². The Bertz CT molecular complexity index is 303. The van der Waals surface area contributed by atoms with Gasteiger partial charge in [0.2, 0.25) is 0 Å². The van der Waals surface area contributed by atoms with Gasteiger partial charge in [-0.15, -0.1) is 0 Å². The normalized spacial score (nSPS) is 17.5. The van der Waals surface area contributed by atoms with E-state index in [1.54, 1.807) is 30.3 Å². The van der Waals surface area contributed by atoms with Gasteiger partial charge in [0, 0.05) is 0 Å². The molecule has 1 aromatic carbocycles. The standard InChI is InChI=1S/C10H12F3NO/c1-10(14,15-9(13)8(11)12)7-5-3-2-4-6-7/h2-6,8-9H,14H2,1H3. The molecule has 15 heavy (non-hydrogen) atoms. The highest BCUT2D eigenvalue weighted by atomic mass is 19.3. The summed E-state index contributed by atoms with van der Waals surface area (Å²) in [7, 11) is 0. The highest BCUT2D eigenvalue weighted by Crippen LogP contribution is 2.23. The highest BCUT2D eigenvalue weighted by molar-refractivity contribution is 5.20. The molecular formula is C10H12F3NO. The summed E-state index contributed by atoms with van der Waals surface area (Å²) >= 11 is 0. The molecule has 0 heterocycles. The van der Waals surface area contributed by atoms with Crippen molar-refractivity contribution in [2.45, 2.75) is 25.4 Å². The van der Waals surface area contributed by atoms with Crippen LogP contribution in [0.25, 0.3) is 0 Å². The van der Waals surface area contributed by atoms with Gasteiger partial charge in [0.25, 0.3) is 12.8 Å². The fourth-order valence-electron chi connectivity index (χ4n) is 1.12. The maximum Gasteiger partial charge on any atom is 0.293 e. The summed E-state index contributed by atoms with van der Waals surface area (Å²) in [5, 5.41) is 0. The smallest absolute Gasteiger partial charge is 0.293 e. The molecule has 0 aliphatic heterocycles.